The van der Waals surface area contributed by atoms with Crippen molar-refractivity contribution in [3.8, 4) is 16.9 Å². The summed E-state index contributed by atoms with van der Waals surface area (Å²) in [5.41, 5.74) is 4.66. The number of halogens is 1. The lowest BCUT2D eigenvalue weighted by Crippen LogP contribution is -2.03. The van der Waals surface area contributed by atoms with Gasteiger partial charge in [0, 0.05) is 4.47 Å². The molecule has 0 amide bonds. The maximum Gasteiger partial charge on any atom is 0.143 e. The molecule has 4 rings (SSSR count). The van der Waals surface area contributed by atoms with Crippen molar-refractivity contribution in [3.63, 3.8) is 0 Å². The van der Waals surface area contributed by atoms with Gasteiger partial charge >= 0.3 is 0 Å². The highest BCUT2D eigenvalue weighted by molar-refractivity contribution is 9.10. The van der Waals surface area contributed by atoms with E-state index in [2.05, 4.69) is 51.9 Å². The van der Waals surface area contributed by atoms with Crippen molar-refractivity contribution in [1.29, 1.82) is 0 Å². The van der Waals surface area contributed by atoms with Crippen LogP contribution < -0.4 is 5.32 Å². The first-order valence-corrected chi connectivity index (χ1v) is 8.89. The molecular formula is C17H15BrN8O. The second-order valence-electron chi connectivity index (χ2n) is 5.92. The molecule has 10 heteroatoms. The number of aryl methyl sites for hydroxylation is 3. The number of anilines is 2. The van der Waals surface area contributed by atoms with Gasteiger partial charge in [-0.25, -0.2) is 9.67 Å². The quantitative estimate of drug-likeness (QED) is 0.527. The molecule has 0 saturated heterocycles. The van der Waals surface area contributed by atoms with Gasteiger partial charge in [-0.3, -0.25) is 0 Å². The lowest BCUT2D eigenvalue weighted by molar-refractivity contribution is 0.393. The molecule has 4 heterocycles. The van der Waals surface area contributed by atoms with Crippen LogP contribution in [-0.4, -0.2) is 35.3 Å². The average Bonchev–Trinajstić information content (AvgIpc) is 3.28. The summed E-state index contributed by atoms with van der Waals surface area (Å²) in [7, 11) is 0. The van der Waals surface area contributed by atoms with Gasteiger partial charge in [-0.15, -0.1) is 10.2 Å². The Hall–Kier alpha value is -3.14. The van der Waals surface area contributed by atoms with Crippen molar-refractivity contribution in [1.82, 2.24) is 35.3 Å². The molecule has 0 aromatic carbocycles. The lowest BCUT2D eigenvalue weighted by Gasteiger charge is -2.11. The van der Waals surface area contributed by atoms with Gasteiger partial charge in [0.05, 0.1) is 46.9 Å². The van der Waals surface area contributed by atoms with E-state index in [1.165, 1.54) is 0 Å². The van der Waals surface area contributed by atoms with Gasteiger partial charge in [-0.2, -0.15) is 5.10 Å². The topological polar surface area (TPSA) is 107 Å². The van der Waals surface area contributed by atoms with Crippen LogP contribution in [0.5, 0.6) is 0 Å². The Morgan fingerprint density at radius 2 is 1.96 bits per heavy atom. The highest BCUT2D eigenvalue weighted by atomic mass is 79.9. The summed E-state index contributed by atoms with van der Waals surface area (Å²) in [5, 5.41) is 23.6. The third-order valence-corrected chi connectivity index (χ3v) is 4.67. The highest BCUT2D eigenvalue weighted by Gasteiger charge is 2.15. The summed E-state index contributed by atoms with van der Waals surface area (Å²) >= 11 is 3.55. The van der Waals surface area contributed by atoms with Gasteiger partial charge < -0.3 is 9.84 Å². The van der Waals surface area contributed by atoms with E-state index in [1.807, 2.05) is 32.9 Å². The molecule has 0 aliphatic carbocycles. The van der Waals surface area contributed by atoms with Crippen LogP contribution in [0.3, 0.4) is 0 Å². The maximum atomic E-state index is 5.23. The fourth-order valence-electron chi connectivity index (χ4n) is 2.69. The number of nitrogens with one attached hydrogen (secondary N) is 1. The number of hydrogen-bond donors (Lipinski definition) is 1. The first kappa shape index (κ1) is 17.3. The Labute approximate surface area is 163 Å². The lowest BCUT2D eigenvalue weighted by atomic mass is 10.1. The Balaban J connectivity index is 1.67. The third kappa shape index (κ3) is 3.31. The minimum Gasteiger partial charge on any atom is -0.361 e. The molecule has 0 unspecified atom stereocenters. The molecule has 0 atom stereocenters. The van der Waals surface area contributed by atoms with Gasteiger partial charge in [-0.1, -0.05) is 10.4 Å². The largest absolute Gasteiger partial charge is 0.361 e. The zero-order valence-corrected chi connectivity index (χ0v) is 16.4. The van der Waals surface area contributed by atoms with Crippen molar-refractivity contribution >= 4 is 27.4 Å². The average molecular weight is 427 g/mol. The molecule has 4 aromatic heterocycles. The van der Waals surface area contributed by atoms with Crippen LogP contribution in [0, 0.1) is 20.8 Å². The predicted molar refractivity (Wildman–Crippen MR) is 102 cm³/mol. The highest BCUT2D eigenvalue weighted by Crippen LogP contribution is 2.29. The third-order valence-electron chi connectivity index (χ3n) is 4.03. The molecule has 9 nitrogen and oxygen atoms in total. The van der Waals surface area contributed by atoms with E-state index in [0.29, 0.717) is 17.3 Å². The standard InChI is InChI=1S/C17H15BrN8O/c1-9-13(7-14(23-22-9)17-10(2)24-27-11(17)3)21-16-6-12(18)15(8-19-16)26-5-4-20-25-26/h4-8H,1-3H3,(H,19,21,23). The molecular weight excluding hydrogens is 412 g/mol. The molecule has 4 aromatic rings. The zero-order valence-electron chi connectivity index (χ0n) is 14.8. The number of nitrogens with zero attached hydrogens (tertiary/aromatic N) is 7. The summed E-state index contributed by atoms with van der Waals surface area (Å²) in [6, 6.07) is 3.78. The number of hydrogen-bond acceptors (Lipinski definition) is 8. The summed E-state index contributed by atoms with van der Waals surface area (Å²) in [4.78, 5) is 4.45. The molecule has 0 aliphatic rings. The maximum absolute atomic E-state index is 5.23. The van der Waals surface area contributed by atoms with Crippen molar-refractivity contribution in [2.24, 2.45) is 0 Å². The molecule has 0 radical (unpaired) electrons. The Morgan fingerprint density at radius 1 is 1.11 bits per heavy atom. The molecule has 0 spiro atoms. The first-order chi connectivity index (χ1) is 13.0. The van der Waals surface area contributed by atoms with E-state index >= 15 is 0 Å². The van der Waals surface area contributed by atoms with Crippen LogP contribution in [0.4, 0.5) is 11.5 Å². The fraction of sp³-hybridized carbons (Fsp3) is 0.176. The van der Waals surface area contributed by atoms with Crippen molar-refractivity contribution in [3.05, 3.63) is 52.3 Å². The Kier molecular flexibility index (Phi) is 4.40. The van der Waals surface area contributed by atoms with Crippen LogP contribution >= 0.6 is 15.9 Å². The number of rotatable bonds is 4. The smallest absolute Gasteiger partial charge is 0.143 e. The zero-order chi connectivity index (χ0) is 19.0. The minimum atomic E-state index is 0.659. The molecule has 0 saturated carbocycles. The van der Waals surface area contributed by atoms with Gasteiger partial charge in [0.15, 0.2) is 0 Å². The number of pyridine rings is 1. The van der Waals surface area contributed by atoms with Gasteiger partial charge in [0.2, 0.25) is 0 Å². The second-order valence-corrected chi connectivity index (χ2v) is 6.78. The van der Waals surface area contributed by atoms with E-state index in [1.54, 1.807) is 23.3 Å². The van der Waals surface area contributed by atoms with Crippen molar-refractivity contribution in [2.75, 3.05) is 5.32 Å². The van der Waals surface area contributed by atoms with Crippen LogP contribution in [-0.2, 0) is 0 Å². The van der Waals surface area contributed by atoms with E-state index in [4.69, 9.17) is 4.52 Å². The Morgan fingerprint density at radius 3 is 2.63 bits per heavy atom. The summed E-state index contributed by atoms with van der Waals surface area (Å²) < 4.78 is 7.70. The SMILES string of the molecule is Cc1nnc(-c2c(C)noc2C)cc1Nc1cc(Br)c(-n2ccnn2)cn1. The molecule has 0 bridgehead atoms. The van der Waals surface area contributed by atoms with Gasteiger partial charge in [-0.05, 0) is 48.8 Å². The second kappa shape index (κ2) is 6.88. The van der Waals surface area contributed by atoms with Crippen molar-refractivity contribution < 1.29 is 4.52 Å². The number of aromatic nitrogens is 7. The minimum absolute atomic E-state index is 0.659. The molecule has 0 aliphatic heterocycles. The van der Waals surface area contributed by atoms with Crippen LogP contribution in [0.25, 0.3) is 16.9 Å². The Bertz CT molecular complexity index is 1090. The molecule has 0 fully saturated rings. The van der Waals surface area contributed by atoms with Crippen molar-refractivity contribution in [2.45, 2.75) is 20.8 Å². The first-order valence-electron chi connectivity index (χ1n) is 8.10. The monoisotopic (exact) mass is 426 g/mol. The molecule has 1 N–H and O–H groups in total. The van der Waals surface area contributed by atoms with E-state index in [0.717, 1.165) is 32.8 Å². The summed E-state index contributed by atoms with van der Waals surface area (Å²) in [6.07, 6.45) is 5.07. The normalized spacial score (nSPS) is 11.0. The van der Waals surface area contributed by atoms with E-state index in [-0.39, 0.29) is 0 Å². The van der Waals surface area contributed by atoms with E-state index < -0.39 is 0 Å². The van der Waals surface area contributed by atoms with Crippen LogP contribution in [0.1, 0.15) is 17.1 Å². The van der Waals surface area contributed by atoms with Crippen LogP contribution in [0.2, 0.25) is 0 Å². The fourth-order valence-corrected chi connectivity index (χ4v) is 3.19. The van der Waals surface area contributed by atoms with E-state index in [9.17, 15) is 0 Å². The molecule has 136 valence electrons. The van der Waals surface area contributed by atoms with Crippen LogP contribution in [0.15, 0.2) is 39.7 Å². The van der Waals surface area contributed by atoms with Gasteiger partial charge in [0.1, 0.15) is 17.3 Å². The molecule has 27 heavy (non-hydrogen) atoms. The van der Waals surface area contributed by atoms with Gasteiger partial charge in [0.25, 0.3) is 0 Å². The summed E-state index contributed by atoms with van der Waals surface area (Å²) in [5.74, 6) is 1.36. The summed E-state index contributed by atoms with van der Waals surface area (Å²) in [6.45, 7) is 5.61. The predicted octanol–water partition coefficient (Wildman–Crippen LogP) is 3.54.